The smallest absolute Gasteiger partial charge is 0.146 e. The molecular formula is C8H9ClFNO. The van der Waals surface area contributed by atoms with E-state index in [2.05, 4.69) is 10.3 Å². The fraction of sp³-hybridized carbons (Fsp3) is 0.250. The lowest BCUT2D eigenvalue weighted by Gasteiger charge is -2.03. The maximum absolute atomic E-state index is 13.1. The second-order valence-electron chi connectivity index (χ2n) is 2.24. The Kier molecular flexibility index (Phi) is 3.47. The van der Waals surface area contributed by atoms with Gasteiger partial charge in [-0.2, -0.15) is 5.48 Å². The van der Waals surface area contributed by atoms with E-state index in [1.54, 1.807) is 12.1 Å². The predicted molar refractivity (Wildman–Crippen MR) is 45.3 cm³/mol. The first-order chi connectivity index (χ1) is 5.75. The Bertz CT molecular complexity index is 267. The van der Waals surface area contributed by atoms with Gasteiger partial charge in [0, 0.05) is 12.1 Å². The van der Waals surface area contributed by atoms with Crippen molar-refractivity contribution in [1.82, 2.24) is 5.48 Å². The minimum Gasteiger partial charge on any atom is -0.305 e. The minimum absolute atomic E-state index is 0.130. The molecule has 0 spiro atoms. The molecule has 0 saturated carbocycles. The normalized spacial score (nSPS) is 10.2. The van der Waals surface area contributed by atoms with E-state index in [4.69, 9.17) is 11.6 Å². The monoisotopic (exact) mass is 189 g/mol. The molecule has 1 aromatic carbocycles. The topological polar surface area (TPSA) is 21.3 Å². The first-order valence-corrected chi connectivity index (χ1v) is 3.82. The maximum Gasteiger partial charge on any atom is 0.146 e. The van der Waals surface area contributed by atoms with Gasteiger partial charge in [0.2, 0.25) is 0 Å². The number of hydrogen-bond donors (Lipinski definition) is 1. The molecule has 0 saturated heterocycles. The van der Waals surface area contributed by atoms with Gasteiger partial charge in [0.15, 0.2) is 0 Å². The van der Waals surface area contributed by atoms with E-state index in [-0.39, 0.29) is 5.02 Å². The number of hydrogen-bond acceptors (Lipinski definition) is 2. The zero-order chi connectivity index (χ0) is 8.97. The molecule has 12 heavy (non-hydrogen) atoms. The van der Waals surface area contributed by atoms with Crippen LogP contribution in [0.1, 0.15) is 5.56 Å². The summed E-state index contributed by atoms with van der Waals surface area (Å²) in [6.45, 7) is 0.308. The second-order valence-corrected chi connectivity index (χ2v) is 2.65. The van der Waals surface area contributed by atoms with Crippen molar-refractivity contribution in [3.8, 4) is 0 Å². The van der Waals surface area contributed by atoms with Gasteiger partial charge in [-0.15, -0.1) is 0 Å². The van der Waals surface area contributed by atoms with Gasteiger partial charge in [0.25, 0.3) is 0 Å². The second kappa shape index (κ2) is 4.40. The summed E-state index contributed by atoms with van der Waals surface area (Å²) in [5, 5.41) is 0.130. The third kappa shape index (κ3) is 2.17. The molecule has 0 bridgehead atoms. The van der Waals surface area contributed by atoms with Gasteiger partial charge in [-0.3, -0.25) is 0 Å². The van der Waals surface area contributed by atoms with Crippen LogP contribution in [0.5, 0.6) is 0 Å². The Balaban J connectivity index is 2.78. The van der Waals surface area contributed by atoms with Gasteiger partial charge >= 0.3 is 0 Å². The van der Waals surface area contributed by atoms with E-state index < -0.39 is 5.82 Å². The fourth-order valence-electron chi connectivity index (χ4n) is 0.835. The molecule has 1 N–H and O–H groups in total. The van der Waals surface area contributed by atoms with E-state index in [1.807, 2.05) is 0 Å². The molecule has 4 heteroatoms. The van der Waals surface area contributed by atoms with Crippen LogP contribution in [-0.2, 0) is 11.4 Å². The third-order valence-corrected chi connectivity index (χ3v) is 1.73. The Morgan fingerprint density at radius 3 is 3.00 bits per heavy atom. The van der Waals surface area contributed by atoms with Crippen LogP contribution in [0.15, 0.2) is 18.2 Å². The van der Waals surface area contributed by atoms with Crippen LogP contribution >= 0.6 is 11.6 Å². The van der Waals surface area contributed by atoms with Crippen molar-refractivity contribution < 1.29 is 9.23 Å². The Morgan fingerprint density at radius 2 is 2.33 bits per heavy atom. The lowest BCUT2D eigenvalue weighted by Crippen LogP contribution is -2.11. The minimum atomic E-state index is -0.399. The van der Waals surface area contributed by atoms with Crippen LogP contribution in [0, 0.1) is 5.82 Å². The molecule has 2 nitrogen and oxygen atoms in total. The Hall–Kier alpha value is -0.640. The van der Waals surface area contributed by atoms with Gasteiger partial charge in [0.1, 0.15) is 5.82 Å². The molecule has 0 aromatic heterocycles. The molecule has 0 aliphatic carbocycles. The highest BCUT2D eigenvalue weighted by molar-refractivity contribution is 6.30. The van der Waals surface area contributed by atoms with Crippen LogP contribution in [0.25, 0.3) is 0 Å². The van der Waals surface area contributed by atoms with Crippen LogP contribution in [0.4, 0.5) is 4.39 Å². The highest BCUT2D eigenvalue weighted by atomic mass is 35.5. The summed E-state index contributed by atoms with van der Waals surface area (Å²) in [4.78, 5) is 4.58. The molecule has 0 unspecified atom stereocenters. The molecule has 1 rings (SSSR count). The van der Waals surface area contributed by atoms with E-state index in [0.29, 0.717) is 12.1 Å². The summed E-state index contributed by atoms with van der Waals surface area (Å²) in [5.41, 5.74) is 3.02. The molecule has 0 amide bonds. The summed E-state index contributed by atoms with van der Waals surface area (Å²) < 4.78 is 13.1. The molecule has 1 aromatic rings. The first-order valence-electron chi connectivity index (χ1n) is 3.44. The molecule has 0 aliphatic heterocycles. The van der Waals surface area contributed by atoms with Crippen molar-refractivity contribution in [2.75, 3.05) is 7.11 Å². The maximum atomic E-state index is 13.1. The standard InChI is InChI=1S/C8H9ClFNO/c1-12-11-5-6-3-2-4-7(9)8(6)10/h2-4,11H,5H2,1H3. The number of benzene rings is 1. The number of nitrogens with one attached hydrogen (secondary N) is 1. The van der Waals surface area contributed by atoms with Crippen molar-refractivity contribution in [2.45, 2.75) is 6.54 Å². The average molecular weight is 190 g/mol. The largest absolute Gasteiger partial charge is 0.305 e. The quantitative estimate of drug-likeness (QED) is 0.736. The fourth-order valence-corrected chi connectivity index (χ4v) is 1.03. The highest BCUT2D eigenvalue weighted by Gasteiger charge is 2.04. The zero-order valence-corrected chi connectivity index (χ0v) is 7.36. The van der Waals surface area contributed by atoms with Crippen molar-refractivity contribution in [1.29, 1.82) is 0 Å². The van der Waals surface area contributed by atoms with E-state index in [0.717, 1.165) is 0 Å². The number of hydroxylamine groups is 1. The molecule has 0 fully saturated rings. The van der Waals surface area contributed by atoms with Crippen molar-refractivity contribution >= 4 is 11.6 Å². The van der Waals surface area contributed by atoms with E-state index in [9.17, 15) is 4.39 Å². The van der Waals surface area contributed by atoms with Crippen LogP contribution in [-0.4, -0.2) is 7.11 Å². The molecular weight excluding hydrogens is 181 g/mol. The summed E-state index contributed by atoms with van der Waals surface area (Å²) in [5.74, 6) is -0.399. The van der Waals surface area contributed by atoms with Crippen LogP contribution < -0.4 is 5.48 Å². The molecule has 0 radical (unpaired) electrons. The third-order valence-electron chi connectivity index (χ3n) is 1.44. The lowest BCUT2D eigenvalue weighted by atomic mass is 10.2. The van der Waals surface area contributed by atoms with Crippen molar-refractivity contribution in [3.05, 3.63) is 34.6 Å². The predicted octanol–water partition coefficient (Wildman–Crippen LogP) is 2.13. The van der Waals surface area contributed by atoms with Gasteiger partial charge in [0.05, 0.1) is 12.1 Å². The average Bonchev–Trinajstić information content (AvgIpc) is 2.08. The lowest BCUT2D eigenvalue weighted by molar-refractivity contribution is 0.0859. The van der Waals surface area contributed by atoms with Gasteiger partial charge < -0.3 is 4.84 Å². The van der Waals surface area contributed by atoms with E-state index >= 15 is 0 Å². The molecule has 0 aliphatic rings. The van der Waals surface area contributed by atoms with Crippen molar-refractivity contribution in [2.24, 2.45) is 0 Å². The summed E-state index contributed by atoms with van der Waals surface area (Å²) in [6, 6.07) is 4.85. The SMILES string of the molecule is CONCc1cccc(Cl)c1F. The zero-order valence-electron chi connectivity index (χ0n) is 6.60. The van der Waals surface area contributed by atoms with Gasteiger partial charge in [-0.05, 0) is 6.07 Å². The van der Waals surface area contributed by atoms with E-state index in [1.165, 1.54) is 13.2 Å². The Labute approximate surface area is 75.2 Å². The van der Waals surface area contributed by atoms with Crippen molar-refractivity contribution in [3.63, 3.8) is 0 Å². The molecule has 0 heterocycles. The van der Waals surface area contributed by atoms with Gasteiger partial charge in [-0.1, -0.05) is 23.7 Å². The summed E-state index contributed by atoms with van der Waals surface area (Å²) in [7, 11) is 1.47. The molecule has 66 valence electrons. The first kappa shape index (κ1) is 9.45. The number of halogens is 2. The highest BCUT2D eigenvalue weighted by Crippen LogP contribution is 2.17. The Morgan fingerprint density at radius 1 is 1.58 bits per heavy atom. The summed E-state index contributed by atoms with van der Waals surface area (Å²) >= 11 is 5.55. The van der Waals surface area contributed by atoms with Crippen LogP contribution in [0.3, 0.4) is 0 Å². The van der Waals surface area contributed by atoms with Crippen LogP contribution in [0.2, 0.25) is 5.02 Å². The molecule has 0 atom stereocenters. The number of rotatable bonds is 3. The van der Waals surface area contributed by atoms with Gasteiger partial charge in [-0.25, -0.2) is 4.39 Å². The summed E-state index contributed by atoms with van der Waals surface area (Å²) in [6.07, 6.45) is 0.